The number of H-pyrrole nitrogens is 1. The summed E-state index contributed by atoms with van der Waals surface area (Å²) in [5.74, 6) is -2.53. The minimum atomic E-state index is -5.42. The molecule has 1 aromatic rings. The lowest BCUT2D eigenvalue weighted by Crippen LogP contribution is -2.64. The monoisotopic (exact) mass is 339 g/mol. The molecule has 2 heterocycles. The van der Waals surface area contributed by atoms with Crippen molar-refractivity contribution in [1.82, 2.24) is 9.55 Å². The van der Waals surface area contributed by atoms with Crippen molar-refractivity contribution in [3.05, 3.63) is 33.1 Å². The van der Waals surface area contributed by atoms with Crippen LogP contribution in [0.1, 0.15) is 6.23 Å². The molecule has 1 aliphatic heterocycles. The summed E-state index contributed by atoms with van der Waals surface area (Å²) >= 11 is 0. The standard InChI is InChI=1S/C11H12F3N3O6/c12-11(13,14)7(21)10(15)6(20)4(3-18)23-8(10)17-2-1-5(19)16-9(17)22/h1-2,4,6,8,18,20H,3,15H2,(H,16,19,22)/t4-,6?,8-,10?/m0/s1. The smallest absolute Gasteiger partial charge is 0.394 e. The molecule has 2 rings (SSSR count). The van der Waals surface area contributed by atoms with Gasteiger partial charge in [0.05, 0.1) is 6.61 Å². The van der Waals surface area contributed by atoms with Crippen LogP contribution < -0.4 is 17.0 Å². The van der Waals surface area contributed by atoms with Crippen molar-refractivity contribution < 1.29 is 32.9 Å². The third-order valence-corrected chi connectivity index (χ3v) is 3.49. The predicted octanol–water partition coefficient (Wildman–Crippen LogP) is -2.38. The number of carbonyl (C=O) groups is 1. The molecule has 1 saturated heterocycles. The highest BCUT2D eigenvalue weighted by Gasteiger charge is 2.65. The second-order valence-electron chi connectivity index (χ2n) is 4.93. The first kappa shape index (κ1) is 17.3. The van der Waals surface area contributed by atoms with E-state index in [1.165, 1.54) is 0 Å². The van der Waals surface area contributed by atoms with Gasteiger partial charge in [0.25, 0.3) is 11.3 Å². The zero-order chi connectivity index (χ0) is 17.6. The van der Waals surface area contributed by atoms with E-state index >= 15 is 0 Å². The van der Waals surface area contributed by atoms with Crippen LogP contribution in [-0.4, -0.2) is 56.1 Å². The Morgan fingerprint density at radius 2 is 2.09 bits per heavy atom. The Morgan fingerprint density at radius 1 is 1.48 bits per heavy atom. The Hall–Kier alpha value is -2.02. The van der Waals surface area contributed by atoms with Crippen LogP contribution in [0.15, 0.2) is 21.9 Å². The lowest BCUT2D eigenvalue weighted by atomic mass is 9.86. The van der Waals surface area contributed by atoms with Gasteiger partial charge in [0, 0.05) is 12.3 Å². The summed E-state index contributed by atoms with van der Waals surface area (Å²) in [6.45, 7) is -0.945. The number of halogens is 3. The molecule has 9 nitrogen and oxygen atoms in total. The molecule has 128 valence electrons. The summed E-state index contributed by atoms with van der Waals surface area (Å²) < 4.78 is 43.8. The Morgan fingerprint density at radius 3 is 2.57 bits per heavy atom. The molecule has 0 bridgehead atoms. The average Bonchev–Trinajstić information content (AvgIpc) is 2.71. The van der Waals surface area contributed by atoms with Crippen LogP contribution in [0.4, 0.5) is 13.2 Å². The SMILES string of the molecule is NC1(C(=O)C(F)(F)F)C(O)[C@H](CO)O[C@@H]1n1ccc(=O)[nH]c1=O. The van der Waals surface area contributed by atoms with Crippen LogP contribution in [0.25, 0.3) is 0 Å². The van der Waals surface area contributed by atoms with Crippen LogP contribution in [0.2, 0.25) is 0 Å². The zero-order valence-corrected chi connectivity index (χ0v) is 11.3. The van der Waals surface area contributed by atoms with Crippen molar-refractivity contribution in [2.75, 3.05) is 6.61 Å². The van der Waals surface area contributed by atoms with Gasteiger partial charge < -0.3 is 20.7 Å². The summed E-state index contributed by atoms with van der Waals surface area (Å²) in [7, 11) is 0. The molecule has 1 aliphatic rings. The lowest BCUT2D eigenvalue weighted by Gasteiger charge is -2.31. The Bertz CT molecular complexity index is 729. The summed E-state index contributed by atoms with van der Waals surface area (Å²) in [4.78, 5) is 36.2. The van der Waals surface area contributed by atoms with E-state index in [4.69, 9.17) is 15.6 Å². The molecule has 0 saturated carbocycles. The van der Waals surface area contributed by atoms with Gasteiger partial charge in [0.1, 0.15) is 12.2 Å². The maximum absolute atomic E-state index is 12.8. The second-order valence-corrected chi connectivity index (χ2v) is 4.93. The largest absolute Gasteiger partial charge is 0.452 e. The number of carbonyl (C=O) groups excluding carboxylic acids is 1. The molecule has 12 heteroatoms. The Balaban J connectivity index is 2.62. The number of Topliss-reactive ketones (excluding diaryl/α,β-unsaturated/α-hetero) is 1. The number of aliphatic hydroxyl groups is 2. The fraction of sp³-hybridized carbons (Fsp3) is 0.545. The van der Waals surface area contributed by atoms with E-state index in [1.54, 1.807) is 4.98 Å². The van der Waals surface area contributed by atoms with Crippen LogP contribution in [-0.2, 0) is 9.53 Å². The number of aliphatic hydroxyl groups excluding tert-OH is 2. The number of aromatic nitrogens is 2. The number of rotatable bonds is 3. The molecule has 4 atom stereocenters. The second kappa shape index (κ2) is 5.56. The first-order valence-electron chi connectivity index (χ1n) is 6.19. The van der Waals surface area contributed by atoms with Crippen molar-refractivity contribution >= 4 is 5.78 Å². The Labute approximate surface area is 125 Å². The third kappa shape index (κ3) is 2.69. The number of aromatic amines is 1. The van der Waals surface area contributed by atoms with Crippen LogP contribution in [0.3, 0.4) is 0 Å². The van der Waals surface area contributed by atoms with Gasteiger partial charge in [-0.1, -0.05) is 0 Å². The summed E-state index contributed by atoms with van der Waals surface area (Å²) in [6.07, 6.45) is -10.6. The third-order valence-electron chi connectivity index (χ3n) is 3.49. The van der Waals surface area contributed by atoms with E-state index in [-0.39, 0.29) is 0 Å². The fourth-order valence-corrected chi connectivity index (χ4v) is 2.35. The van der Waals surface area contributed by atoms with E-state index in [9.17, 15) is 32.7 Å². The van der Waals surface area contributed by atoms with Crippen molar-refractivity contribution in [2.24, 2.45) is 5.73 Å². The number of alkyl halides is 3. The zero-order valence-electron chi connectivity index (χ0n) is 11.3. The predicted molar refractivity (Wildman–Crippen MR) is 66.3 cm³/mol. The van der Waals surface area contributed by atoms with Crippen LogP contribution in [0, 0.1) is 0 Å². The minimum absolute atomic E-state index is 0.434. The van der Waals surface area contributed by atoms with Gasteiger partial charge in [-0.3, -0.25) is 19.1 Å². The Kier molecular flexibility index (Phi) is 4.19. The molecular formula is C11H12F3N3O6. The van der Waals surface area contributed by atoms with Crippen LogP contribution >= 0.6 is 0 Å². The summed E-state index contributed by atoms with van der Waals surface area (Å²) in [5, 5.41) is 19.0. The fourth-order valence-electron chi connectivity index (χ4n) is 2.35. The number of nitrogens with two attached hydrogens (primary N) is 1. The van der Waals surface area contributed by atoms with Gasteiger partial charge >= 0.3 is 11.9 Å². The highest BCUT2D eigenvalue weighted by molar-refractivity contribution is 5.94. The molecule has 2 unspecified atom stereocenters. The molecule has 5 N–H and O–H groups in total. The molecule has 0 radical (unpaired) electrons. The van der Waals surface area contributed by atoms with Crippen molar-refractivity contribution in [3.63, 3.8) is 0 Å². The molecule has 0 amide bonds. The van der Waals surface area contributed by atoms with Crippen molar-refractivity contribution in [1.29, 1.82) is 0 Å². The van der Waals surface area contributed by atoms with E-state index in [0.29, 0.717) is 4.57 Å². The van der Waals surface area contributed by atoms with Gasteiger partial charge in [-0.15, -0.1) is 0 Å². The van der Waals surface area contributed by atoms with Gasteiger partial charge in [0.2, 0.25) is 0 Å². The molecule has 23 heavy (non-hydrogen) atoms. The van der Waals surface area contributed by atoms with Crippen LogP contribution in [0.5, 0.6) is 0 Å². The first-order chi connectivity index (χ1) is 10.5. The van der Waals surface area contributed by atoms with Gasteiger partial charge in [-0.2, -0.15) is 13.2 Å². The molecule has 0 spiro atoms. The molecule has 0 aliphatic carbocycles. The van der Waals surface area contributed by atoms with Gasteiger partial charge in [0.15, 0.2) is 11.8 Å². The highest BCUT2D eigenvalue weighted by atomic mass is 19.4. The normalized spacial score (nSPS) is 31.3. The number of ketones is 1. The van der Waals surface area contributed by atoms with E-state index in [2.05, 4.69) is 0 Å². The lowest BCUT2D eigenvalue weighted by molar-refractivity contribution is -0.183. The summed E-state index contributed by atoms with van der Waals surface area (Å²) in [5.41, 5.74) is 0.363. The number of nitrogens with zero attached hydrogens (tertiary/aromatic N) is 1. The maximum atomic E-state index is 12.8. The quantitative estimate of drug-likeness (QED) is 0.480. The molecule has 1 fully saturated rings. The number of ether oxygens (including phenoxy) is 1. The first-order valence-corrected chi connectivity index (χ1v) is 6.19. The number of hydrogen-bond acceptors (Lipinski definition) is 7. The maximum Gasteiger partial charge on any atom is 0.452 e. The molecule has 1 aromatic heterocycles. The topological polar surface area (TPSA) is 148 Å². The van der Waals surface area contributed by atoms with E-state index in [1.807, 2.05) is 0 Å². The average molecular weight is 339 g/mol. The molecular weight excluding hydrogens is 327 g/mol. The van der Waals surface area contributed by atoms with Crippen molar-refractivity contribution in [3.8, 4) is 0 Å². The minimum Gasteiger partial charge on any atom is -0.394 e. The van der Waals surface area contributed by atoms with Gasteiger partial charge in [-0.05, 0) is 0 Å². The number of hydrogen-bond donors (Lipinski definition) is 4. The summed E-state index contributed by atoms with van der Waals surface area (Å²) in [6, 6.07) is 0.794. The van der Waals surface area contributed by atoms with Crippen molar-refractivity contribution in [2.45, 2.75) is 30.2 Å². The van der Waals surface area contributed by atoms with E-state index in [0.717, 1.165) is 12.3 Å². The van der Waals surface area contributed by atoms with Gasteiger partial charge in [-0.25, -0.2) is 4.79 Å². The number of nitrogens with one attached hydrogen (secondary N) is 1. The molecule has 0 aromatic carbocycles. The van der Waals surface area contributed by atoms with E-state index < -0.39 is 53.8 Å². The highest BCUT2D eigenvalue weighted by Crippen LogP contribution is 2.40.